The van der Waals surface area contributed by atoms with Gasteiger partial charge in [0.25, 0.3) is 0 Å². The average Bonchev–Trinajstić information content (AvgIpc) is 2.53. The first-order chi connectivity index (χ1) is 11.4. The van der Waals surface area contributed by atoms with E-state index in [1.807, 2.05) is 39.0 Å². The third-order valence-corrected chi connectivity index (χ3v) is 3.91. The molecule has 0 aliphatic carbocycles. The molecule has 0 unspecified atom stereocenters. The van der Waals surface area contributed by atoms with Crippen molar-refractivity contribution in [3.05, 3.63) is 59.2 Å². The van der Waals surface area contributed by atoms with Crippen molar-refractivity contribution >= 4 is 22.5 Å². The lowest BCUT2D eigenvalue weighted by Crippen LogP contribution is -2.22. The first-order valence-electron chi connectivity index (χ1n) is 8.02. The molecule has 1 aliphatic heterocycles. The smallest absolute Gasteiger partial charge is 0.156 e. The SMILES string of the molecule is CC(C)(C)Oc1ccc(CNc2ccc3c(c2)C(Cl)=NNC3)cc1. The van der Waals surface area contributed by atoms with E-state index >= 15 is 0 Å². The second-order valence-electron chi connectivity index (χ2n) is 6.82. The highest BCUT2D eigenvalue weighted by Gasteiger charge is 2.13. The van der Waals surface area contributed by atoms with Gasteiger partial charge in [0.15, 0.2) is 5.17 Å². The third-order valence-electron chi connectivity index (χ3n) is 3.62. The molecule has 2 aromatic carbocycles. The van der Waals surface area contributed by atoms with Crippen molar-refractivity contribution in [2.45, 2.75) is 39.5 Å². The Morgan fingerprint density at radius 2 is 1.92 bits per heavy atom. The first kappa shape index (κ1) is 16.7. The van der Waals surface area contributed by atoms with Crippen molar-refractivity contribution in [2.75, 3.05) is 5.32 Å². The number of ether oxygens (including phenoxy) is 1. The van der Waals surface area contributed by atoms with Crippen molar-refractivity contribution < 1.29 is 4.74 Å². The summed E-state index contributed by atoms with van der Waals surface area (Å²) >= 11 is 6.15. The second kappa shape index (κ2) is 6.73. The molecule has 1 heterocycles. The first-order valence-corrected chi connectivity index (χ1v) is 8.40. The van der Waals surface area contributed by atoms with Crippen LogP contribution < -0.4 is 15.5 Å². The minimum atomic E-state index is -0.182. The number of hydrogen-bond acceptors (Lipinski definition) is 4. The van der Waals surface area contributed by atoms with Crippen LogP contribution in [0.25, 0.3) is 0 Å². The number of hydrogen-bond donors (Lipinski definition) is 2. The number of benzene rings is 2. The molecule has 0 saturated carbocycles. The Labute approximate surface area is 147 Å². The number of fused-ring (bicyclic) bond motifs is 1. The number of halogens is 1. The van der Waals surface area contributed by atoms with Gasteiger partial charge in [-0.25, -0.2) is 0 Å². The average molecular weight is 344 g/mol. The van der Waals surface area contributed by atoms with Crippen molar-refractivity contribution in [3.8, 4) is 5.75 Å². The van der Waals surface area contributed by atoms with Crippen LogP contribution in [-0.4, -0.2) is 10.8 Å². The van der Waals surface area contributed by atoms with E-state index in [9.17, 15) is 0 Å². The molecule has 0 spiro atoms. The molecule has 2 N–H and O–H groups in total. The lowest BCUT2D eigenvalue weighted by atomic mass is 10.1. The van der Waals surface area contributed by atoms with E-state index < -0.39 is 0 Å². The molecule has 0 saturated heterocycles. The predicted molar refractivity (Wildman–Crippen MR) is 99.8 cm³/mol. The van der Waals surface area contributed by atoms with Gasteiger partial charge in [-0.3, -0.25) is 0 Å². The largest absolute Gasteiger partial charge is 0.488 e. The molecule has 0 aromatic heterocycles. The zero-order chi connectivity index (χ0) is 17.2. The summed E-state index contributed by atoms with van der Waals surface area (Å²) in [6.07, 6.45) is 0. The van der Waals surface area contributed by atoms with Gasteiger partial charge < -0.3 is 15.5 Å². The van der Waals surface area contributed by atoms with Crippen molar-refractivity contribution in [1.29, 1.82) is 0 Å². The maximum absolute atomic E-state index is 6.15. The summed E-state index contributed by atoms with van der Waals surface area (Å²) in [6.45, 7) is 7.58. The number of hydrazone groups is 1. The minimum absolute atomic E-state index is 0.182. The fourth-order valence-electron chi connectivity index (χ4n) is 2.52. The maximum atomic E-state index is 6.15. The monoisotopic (exact) mass is 343 g/mol. The Balaban J connectivity index is 1.64. The number of rotatable bonds is 4. The van der Waals surface area contributed by atoms with E-state index in [4.69, 9.17) is 16.3 Å². The Kier molecular flexibility index (Phi) is 4.67. The normalized spacial score (nSPS) is 13.6. The standard InChI is InChI=1S/C19H22ClN3O/c1-19(2,3)24-16-8-4-13(5-9-16)11-21-15-7-6-14-12-22-23-18(20)17(14)10-15/h4-10,21-22H,11-12H2,1-3H3. The molecule has 4 nitrogen and oxygen atoms in total. The van der Waals surface area contributed by atoms with Gasteiger partial charge in [0, 0.05) is 17.8 Å². The Morgan fingerprint density at radius 1 is 1.17 bits per heavy atom. The van der Waals surface area contributed by atoms with Crippen LogP contribution >= 0.6 is 11.6 Å². The van der Waals surface area contributed by atoms with Crippen LogP contribution in [0.1, 0.15) is 37.5 Å². The van der Waals surface area contributed by atoms with Crippen molar-refractivity contribution in [1.82, 2.24) is 5.43 Å². The summed E-state index contributed by atoms with van der Waals surface area (Å²) in [4.78, 5) is 0. The quantitative estimate of drug-likeness (QED) is 0.860. The van der Waals surface area contributed by atoms with Gasteiger partial charge in [0.1, 0.15) is 11.4 Å². The summed E-state index contributed by atoms with van der Waals surface area (Å²) in [5.41, 5.74) is 7.09. The number of nitrogens with one attached hydrogen (secondary N) is 2. The van der Waals surface area contributed by atoms with Crippen LogP contribution in [0.2, 0.25) is 0 Å². The minimum Gasteiger partial charge on any atom is -0.488 e. The van der Waals surface area contributed by atoms with Gasteiger partial charge in [0.2, 0.25) is 0 Å². The molecule has 0 atom stereocenters. The Morgan fingerprint density at radius 3 is 2.62 bits per heavy atom. The zero-order valence-electron chi connectivity index (χ0n) is 14.2. The third kappa shape index (κ3) is 4.20. The number of nitrogens with zero attached hydrogens (tertiary/aromatic N) is 1. The lowest BCUT2D eigenvalue weighted by molar-refractivity contribution is 0.131. The van der Waals surface area contributed by atoms with Crippen molar-refractivity contribution in [3.63, 3.8) is 0 Å². The van der Waals surface area contributed by atoms with E-state index in [0.717, 1.165) is 29.1 Å². The summed E-state index contributed by atoms with van der Waals surface area (Å²) in [7, 11) is 0. The van der Waals surface area contributed by atoms with Crippen LogP contribution in [0.5, 0.6) is 5.75 Å². The lowest BCUT2D eigenvalue weighted by Gasteiger charge is -2.21. The molecule has 2 aromatic rings. The summed E-state index contributed by atoms with van der Waals surface area (Å²) in [5, 5.41) is 7.99. The molecule has 5 heteroatoms. The van der Waals surface area contributed by atoms with Gasteiger partial charge in [-0.1, -0.05) is 29.8 Å². The summed E-state index contributed by atoms with van der Waals surface area (Å²) in [5.74, 6) is 0.885. The van der Waals surface area contributed by atoms with Crippen LogP contribution in [0.4, 0.5) is 5.69 Å². The molecule has 0 amide bonds. The van der Waals surface area contributed by atoms with Crippen LogP contribution in [0, 0.1) is 0 Å². The van der Waals surface area contributed by atoms with Crippen LogP contribution in [0.3, 0.4) is 0 Å². The summed E-state index contributed by atoms with van der Waals surface area (Å²) < 4.78 is 5.84. The van der Waals surface area contributed by atoms with Crippen molar-refractivity contribution in [2.24, 2.45) is 5.10 Å². The van der Waals surface area contributed by atoms with Gasteiger partial charge in [0.05, 0.1) is 6.54 Å². The molecular weight excluding hydrogens is 322 g/mol. The molecule has 24 heavy (non-hydrogen) atoms. The molecular formula is C19H22ClN3O. The van der Waals surface area contributed by atoms with E-state index in [-0.39, 0.29) is 5.60 Å². The van der Waals surface area contributed by atoms with Crippen LogP contribution in [-0.2, 0) is 13.1 Å². The fraction of sp³-hybridized carbons (Fsp3) is 0.316. The molecule has 0 radical (unpaired) electrons. The maximum Gasteiger partial charge on any atom is 0.156 e. The van der Waals surface area contributed by atoms with Gasteiger partial charge in [-0.2, -0.15) is 5.10 Å². The van der Waals surface area contributed by atoms with Gasteiger partial charge in [-0.05, 0) is 56.2 Å². The highest BCUT2D eigenvalue weighted by molar-refractivity contribution is 6.69. The molecule has 0 bridgehead atoms. The van der Waals surface area contributed by atoms with E-state index in [1.54, 1.807) is 0 Å². The highest BCUT2D eigenvalue weighted by atomic mass is 35.5. The predicted octanol–water partition coefficient (Wildman–Crippen LogP) is 4.48. The molecule has 126 valence electrons. The fourth-order valence-corrected chi connectivity index (χ4v) is 2.76. The van der Waals surface area contributed by atoms with E-state index in [0.29, 0.717) is 11.7 Å². The summed E-state index contributed by atoms with van der Waals surface area (Å²) in [6, 6.07) is 14.3. The Hall–Kier alpha value is -2.20. The van der Waals surface area contributed by atoms with Crippen LogP contribution in [0.15, 0.2) is 47.6 Å². The van der Waals surface area contributed by atoms with Gasteiger partial charge >= 0.3 is 0 Å². The van der Waals surface area contributed by atoms with E-state index in [2.05, 4.69) is 40.1 Å². The molecule has 3 rings (SSSR count). The molecule has 0 fully saturated rings. The highest BCUT2D eigenvalue weighted by Crippen LogP contribution is 2.22. The van der Waals surface area contributed by atoms with Gasteiger partial charge in [-0.15, -0.1) is 0 Å². The second-order valence-corrected chi connectivity index (χ2v) is 7.18. The Bertz CT molecular complexity index is 748. The van der Waals surface area contributed by atoms with E-state index in [1.165, 1.54) is 5.56 Å². The molecule has 1 aliphatic rings. The topological polar surface area (TPSA) is 45.6 Å². The zero-order valence-corrected chi connectivity index (χ0v) is 14.9. The number of anilines is 1.